The molecule has 0 saturated heterocycles. The second-order valence-corrected chi connectivity index (χ2v) is 5.72. The maximum absolute atomic E-state index is 14.1. The number of pyridine rings is 1. The molecular weight excluding hydrogens is 263 g/mol. The fourth-order valence-corrected chi connectivity index (χ4v) is 3.04. The highest BCUT2D eigenvalue weighted by atomic mass is 19.1. The lowest BCUT2D eigenvalue weighted by atomic mass is 10.0. The van der Waals surface area contributed by atoms with E-state index in [2.05, 4.69) is 41.5 Å². The summed E-state index contributed by atoms with van der Waals surface area (Å²) in [5, 5.41) is 3.49. The minimum atomic E-state index is -0.204. The minimum absolute atomic E-state index is 0.0105. The van der Waals surface area contributed by atoms with Crippen molar-refractivity contribution in [1.29, 1.82) is 0 Å². The molecule has 0 bridgehead atoms. The van der Waals surface area contributed by atoms with Crippen molar-refractivity contribution in [3.05, 3.63) is 65.7 Å². The topological polar surface area (TPSA) is 24.9 Å². The van der Waals surface area contributed by atoms with Gasteiger partial charge >= 0.3 is 0 Å². The summed E-state index contributed by atoms with van der Waals surface area (Å²) in [5.74, 6) is 0.745. The number of halogens is 1. The van der Waals surface area contributed by atoms with Crippen LogP contribution in [0, 0.1) is 11.7 Å². The molecule has 1 N–H and O–H groups in total. The van der Waals surface area contributed by atoms with Crippen LogP contribution in [0.3, 0.4) is 0 Å². The van der Waals surface area contributed by atoms with E-state index in [4.69, 9.17) is 0 Å². The number of nitrogens with one attached hydrogen (secondary N) is 1. The average molecular weight is 284 g/mol. The normalized spacial score (nSPS) is 22.0. The quantitative estimate of drug-likeness (QED) is 0.865. The van der Waals surface area contributed by atoms with Gasteiger partial charge in [-0.1, -0.05) is 37.3 Å². The van der Waals surface area contributed by atoms with Crippen molar-refractivity contribution >= 4 is 0 Å². The second kappa shape index (κ2) is 6.35. The van der Waals surface area contributed by atoms with Crippen molar-refractivity contribution in [2.75, 3.05) is 6.54 Å². The molecule has 2 nitrogen and oxygen atoms in total. The summed E-state index contributed by atoms with van der Waals surface area (Å²) in [7, 11) is 0. The Hall–Kier alpha value is -1.74. The van der Waals surface area contributed by atoms with Gasteiger partial charge in [-0.15, -0.1) is 0 Å². The molecule has 21 heavy (non-hydrogen) atoms. The number of aromatic nitrogens is 1. The molecule has 1 fully saturated rings. The first kappa shape index (κ1) is 14.2. The minimum Gasteiger partial charge on any atom is -0.308 e. The molecule has 0 radical (unpaired) electrons. The molecule has 1 aliphatic carbocycles. The van der Waals surface area contributed by atoms with Gasteiger partial charge in [0.15, 0.2) is 0 Å². The van der Waals surface area contributed by atoms with E-state index in [1.54, 1.807) is 12.3 Å². The van der Waals surface area contributed by atoms with Crippen LogP contribution in [-0.2, 0) is 0 Å². The third kappa shape index (κ3) is 3.13. The first-order valence-electron chi connectivity index (χ1n) is 7.70. The van der Waals surface area contributed by atoms with Gasteiger partial charge in [0.2, 0.25) is 0 Å². The monoisotopic (exact) mass is 284 g/mol. The number of benzene rings is 1. The lowest BCUT2D eigenvalue weighted by molar-refractivity contribution is 0.438. The Morgan fingerprint density at radius 1 is 1.24 bits per heavy atom. The van der Waals surface area contributed by atoms with Crippen LogP contribution in [0.5, 0.6) is 0 Å². The van der Waals surface area contributed by atoms with E-state index in [-0.39, 0.29) is 11.9 Å². The third-order valence-electron chi connectivity index (χ3n) is 4.19. The second-order valence-electron chi connectivity index (χ2n) is 5.72. The zero-order valence-electron chi connectivity index (χ0n) is 12.3. The number of nitrogens with zero attached hydrogens (tertiary/aromatic N) is 1. The number of hydrogen-bond acceptors (Lipinski definition) is 2. The number of hydrogen-bond donors (Lipinski definition) is 1. The van der Waals surface area contributed by atoms with Crippen molar-refractivity contribution in [2.24, 2.45) is 5.92 Å². The SMILES string of the molecule is CCCNC(c1ncccc1F)C1CC1c1ccccc1. The Labute approximate surface area is 125 Å². The summed E-state index contributed by atoms with van der Waals surface area (Å²) >= 11 is 0. The highest BCUT2D eigenvalue weighted by molar-refractivity contribution is 5.29. The molecule has 3 rings (SSSR count). The van der Waals surface area contributed by atoms with Crippen LogP contribution in [0.4, 0.5) is 4.39 Å². The van der Waals surface area contributed by atoms with Crippen LogP contribution in [0.25, 0.3) is 0 Å². The molecule has 3 heteroatoms. The van der Waals surface area contributed by atoms with Crippen molar-refractivity contribution in [3.8, 4) is 0 Å². The van der Waals surface area contributed by atoms with Crippen LogP contribution in [-0.4, -0.2) is 11.5 Å². The molecule has 3 atom stereocenters. The van der Waals surface area contributed by atoms with E-state index in [1.165, 1.54) is 11.6 Å². The molecule has 3 unspecified atom stereocenters. The zero-order chi connectivity index (χ0) is 14.7. The Kier molecular flexibility index (Phi) is 4.30. The molecular formula is C18H21FN2. The van der Waals surface area contributed by atoms with Gasteiger partial charge in [0, 0.05) is 6.20 Å². The third-order valence-corrected chi connectivity index (χ3v) is 4.19. The summed E-state index contributed by atoms with van der Waals surface area (Å²) in [6.07, 6.45) is 3.81. The summed E-state index contributed by atoms with van der Waals surface area (Å²) < 4.78 is 14.1. The van der Waals surface area contributed by atoms with Gasteiger partial charge in [-0.05, 0) is 48.9 Å². The predicted octanol–water partition coefficient (Wildman–Crippen LogP) is 4.07. The van der Waals surface area contributed by atoms with Gasteiger partial charge < -0.3 is 5.32 Å². The first-order valence-corrected chi connectivity index (χ1v) is 7.70. The molecule has 1 heterocycles. The molecule has 2 aromatic rings. The summed E-state index contributed by atoms with van der Waals surface area (Å²) in [6.45, 7) is 3.01. The molecule has 0 amide bonds. The van der Waals surface area contributed by atoms with Crippen LogP contribution in [0.1, 0.15) is 43.0 Å². The Morgan fingerprint density at radius 3 is 2.76 bits per heavy atom. The molecule has 1 aromatic heterocycles. The van der Waals surface area contributed by atoms with Gasteiger partial charge in [0.05, 0.1) is 11.7 Å². The van der Waals surface area contributed by atoms with E-state index in [1.807, 2.05) is 6.07 Å². The van der Waals surface area contributed by atoms with Gasteiger partial charge in [-0.3, -0.25) is 4.98 Å². The summed E-state index contributed by atoms with van der Waals surface area (Å²) in [6, 6.07) is 13.7. The van der Waals surface area contributed by atoms with E-state index >= 15 is 0 Å². The van der Waals surface area contributed by atoms with E-state index in [0.717, 1.165) is 19.4 Å². The smallest absolute Gasteiger partial charge is 0.146 e. The fraction of sp³-hybridized carbons (Fsp3) is 0.389. The Balaban J connectivity index is 1.80. The van der Waals surface area contributed by atoms with Gasteiger partial charge in [0.1, 0.15) is 5.82 Å². The van der Waals surface area contributed by atoms with Crippen molar-refractivity contribution < 1.29 is 4.39 Å². The van der Waals surface area contributed by atoms with E-state index in [9.17, 15) is 4.39 Å². The van der Waals surface area contributed by atoms with Gasteiger partial charge in [-0.25, -0.2) is 4.39 Å². The molecule has 110 valence electrons. The highest BCUT2D eigenvalue weighted by Crippen LogP contribution is 2.53. The molecule has 0 aliphatic heterocycles. The Bertz CT molecular complexity index is 585. The maximum atomic E-state index is 14.1. The lowest BCUT2D eigenvalue weighted by Gasteiger charge is -2.19. The molecule has 1 aliphatic rings. The average Bonchev–Trinajstić information content (AvgIpc) is 3.31. The molecule has 0 spiro atoms. The lowest BCUT2D eigenvalue weighted by Crippen LogP contribution is -2.26. The summed E-state index contributed by atoms with van der Waals surface area (Å²) in [5.41, 5.74) is 1.91. The molecule has 1 saturated carbocycles. The van der Waals surface area contributed by atoms with Gasteiger partial charge in [0.25, 0.3) is 0 Å². The zero-order valence-corrected chi connectivity index (χ0v) is 12.3. The van der Waals surface area contributed by atoms with Crippen molar-refractivity contribution in [2.45, 2.75) is 31.7 Å². The van der Waals surface area contributed by atoms with Crippen molar-refractivity contribution in [1.82, 2.24) is 10.3 Å². The van der Waals surface area contributed by atoms with Crippen LogP contribution < -0.4 is 5.32 Å². The number of rotatable bonds is 6. The van der Waals surface area contributed by atoms with Crippen LogP contribution in [0.2, 0.25) is 0 Å². The maximum Gasteiger partial charge on any atom is 0.146 e. The first-order chi connectivity index (χ1) is 10.3. The highest BCUT2D eigenvalue weighted by Gasteiger charge is 2.45. The van der Waals surface area contributed by atoms with Crippen LogP contribution in [0.15, 0.2) is 48.7 Å². The van der Waals surface area contributed by atoms with Gasteiger partial charge in [-0.2, -0.15) is 0 Å². The van der Waals surface area contributed by atoms with E-state index < -0.39 is 0 Å². The molecule has 1 aromatic carbocycles. The standard InChI is InChI=1S/C18H21FN2/c1-2-10-20-17(18-16(19)9-6-11-21-18)15-12-14(15)13-7-4-3-5-8-13/h3-9,11,14-15,17,20H,2,10,12H2,1H3. The fourth-order valence-electron chi connectivity index (χ4n) is 3.04. The Morgan fingerprint density at radius 2 is 2.05 bits per heavy atom. The van der Waals surface area contributed by atoms with E-state index in [0.29, 0.717) is 17.5 Å². The predicted molar refractivity (Wildman–Crippen MR) is 82.5 cm³/mol. The summed E-state index contributed by atoms with van der Waals surface area (Å²) in [4.78, 5) is 4.28. The van der Waals surface area contributed by atoms with Crippen molar-refractivity contribution in [3.63, 3.8) is 0 Å². The largest absolute Gasteiger partial charge is 0.308 e. The van der Waals surface area contributed by atoms with Crippen LogP contribution >= 0.6 is 0 Å².